The van der Waals surface area contributed by atoms with Gasteiger partial charge in [-0.15, -0.1) is 11.8 Å². The van der Waals surface area contributed by atoms with Crippen LogP contribution in [0, 0.1) is 6.92 Å². The third kappa shape index (κ3) is 8.08. The van der Waals surface area contributed by atoms with Crippen molar-refractivity contribution in [3.05, 3.63) is 162 Å². The standard InChI is InChI=1S/C36H30N4O3S/c1-25-10-8-9-15-28(25)24-32(40-34(41)27-13-6-3-7-14-27)35(42)38-29-16-18-31(19-17-29)44-33(26-11-4-2-5-12-26)36(43)39-30-20-22-37-23-21-30/h2-24,33H,1H3,(H,38,42)(H,40,41)(H,37,39,43)/b32-24-. The number of nitrogens with one attached hydrogen (secondary N) is 3. The van der Waals surface area contributed by atoms with Crippen LogP contribution < -0.4 is 16.0 Å². The third-order valence-corrected chi connectivity index (χ3v) is 7.94. The van der Waals surface area contributed by atoms with E-state index in [-0.39, 0.29) is 17.5 Å². The maximum absolute atomic E-state index is 13.4. The van der Waals surface area contributed by atoms with Crippen LogP contribution in [-0.2, 0) is 9.59 Å². The molecule has 5 aromatic rings. The number of rotatable bonds is 10. The summed E-state index contributed by atoms with van der Waals surface area (Å²) in [5.74, 6) is -1.01. The summed E-state index contributed by atoms with van der Waals surface area (Å²) in [5.41, 5.74) is 4.41. The molecule has 1 aromatic heterocycles. The molecular formula is C36H30N4O3S. The minimum atomic E-state index is -0.512. The van der Waals surface area contributed by atoms with E-state index in [0.717, 1.165) is 21.6 Å². The van der Waals surface area contributed by atoms with Gasteiger partial charge in [-0.3, -0.25) is 19.4 Å². The fourth-order valence-electron chi connectivity index (χ4n) is 4.34. The number of hydrogen-bond donors (Lipinski definition) is 3. The second-order valence-corrected chi connectivity index (χ2v) is 11.0. The first kappa shape index (κ1) is 30.0. The Morgan fingerprint density at radius 1 is 0.705 bits per heavy atom. The zero-order valence-electron chi connectivity index (χ0n) is 23.9. The molecule has 44 heavy (non-hydrogen) atoms. The molecule has 4 aromatic carbocycles. The number of aryl methyl sites for hydroxylation is 1. The van der Waals surface area contributed by atoms with E-state index in [9.17, 15) is 14.4 Å². The maximum atomic E-state index is 13.4. The van der Waals surface area contributed by atoms with Gasteiger partial charge >= 0.3 is 0 Å². The van der Waals surface area contributed by atoms with Gasteiger partial charge in [0.15, 0.2) is 0 Å². The largest absolute Gasteiger partial charge is 0.325 e. The molecular weight excluding hydrogens is 568 g/mol. The van der Waals surface area contributed by atoms with E-state index in [0.29, 0.717) is 16.9 Å². The van der Waals surface area contributed by atoms with Gasteiger partial charge in [-0.05, 0) is 78.2 Å². The number of carbonyl (C=O) groups excluding carboxylic acids is 3. The number of thioether (sulfide) groups is 1. The number of aromatic nitrogens is 1. The molecule has 0 aliphatic carbocycles. The fraction of sp³-hybridized carbons (Fsp3) is 0.0556. The molecule has 218 valence electrons. The number of nitrogens with zero attached hydrogens (tertiary/aromatic N) is 1. The second kappa shape index (κ2) is 14.6. The molecule has 0 saturated heterocycles. The molecule has 0 spiro atoms. The van der Waals surface area contributed by atoms with E-state index in [1.165, 1.54) is 11.8 Å². The average Bonchev–Trinajstić information content (AvgIpc) is 3.06. The van der Waals surface area contributed by atoms with E-state index < -0.39 is 11.2 Å². The topological polar surface area (TPSA) is 100 Å². The van der Waals surface area contributed by atoms with Crippen molar-refractivity contribution in [3.8, 4) is 0 Å². The predicted octanol–water partition coefficient (Wildman–Crippen LogP) is 7.27. The van der Waals surface area contributed by atoms with Gasteiger partial charge in [-0.25, -0.2) is 0 Å². The van der Waals surface area contributed by atoms with Crippen molar-refractivity contribution in [2.45, 2.75) is 17.1 Å². The van der Waals surface area contributed by atoms with Gasteiger partial charge in [-0.1, -0.05) is 72.8 Å². The van der Waals surface area contributed by atoms with Crippen molar-refractivity contribution in [1.82, 2.24) is 10.3 Å². The lowest BCUT2D eigenvalue weighted by Gasteiger charge is -2.17. The number of carbonyl (C=O) groups is 3. The zero-order chi connectivity index (χ0) is 30.7. The van der Waals surface area contributed by atoms with E-state index >= 15 is 0 Å². The molecule has 0 aliphatic rings. The van der Waals surface area contributed by atoms with E-state index in [4.69, 9.17) is 0 Å². The first-order valence-corrected chi connectivity index (χ1v) is 14.8. The number of amides is 3. The predicted molar refractivity (Wildman–Crippen MR) is 176 cm³/mol. The number of hydrogen-bond acceptors (Lipinski definition) is 5. The highest BCUT2D eigenvalue weighted by molar-refractivity contribution is 8.00. The molecule has 1 atom stereocenters. The summed E-state index contributed by atoms with van der Waals surface area (Å²) in [7, 11) is 0. The first-order chi connectivity index (χ1) is 21.5. The lowest BCUT2D eigenvalue weighted by molar-refractivity contribution is -0.116. The summed E-state index contributed by atoms with van der Waals surface area (Å²) >= 11 is 1.40. The summed E-state index contributed by atoms with van der Waals surface area (Å²) in [4.78, 5) is 44.6. The Morgan fingerprint density at radius 2 is 1.32 bits per heavy atom. The maximum Gasteiger partial charge on any atom is 0.272 e. The Kier molecular flexibility index (Phi) is 9.97. The Labute approximate surface area is 260 Å². The van der Waals surface area contributed by atoms with Crippen molar-refractivity contribution in [3.63, 3.8) is 0 Å². The Morgan fingerprint density at radius 3 is 2.00 bits per heavy atom. The van der Waals surface area contributed by atoms with Gasteiger partial charge in [-0.2, -0.15) is 0 Å². The molecule has 0 radical (unpaired) electrons. The van der Waals surface area contributed by atoms with Gasteiger partial charge < -0.3 is 16.0 Å². The highest BCUT2D eigenvalue weighted by atomic mass is 32.2. The number of benzene rings is 4. The average molecular weight is 599 g/mol. The molecule has 8 heteroatoms. The SMILES string of the molecule is Cc1ccccc1/C=C(\NC(=O)c1ccccc1)C(=O)Nc1ccc(SC(C(=O)Nc2ccncc2)c2ccccc2)cc1. The highest BCUT2D eigenvalue weighted by Gasteiger charge is 2.22. The normalized spacial score (nSPS) is 11.7. The lowest BCUT2D eigenvalue weighted by Crippen LogP contribution is -2.30. The zero-order valence-corrected chi connectivity index (χ0v) is 24.8. The molecule has 1 heterocycles. The van der Waals surface area contributed by atoms with Crippen LogP contribution in [0.4, 0.5) is 11.4 Å². The van der Waals surface area contributed by atoms with Crippen molar-refractivity contribution < 1.29 is 14.4 Å². The molecule has 0 aliphatic heterocycles. The van der Waals surface area contributed by atoms with Gasteiger partial charge in [0.1, 0.15) is 10.9 Å². The van der Waals surface area contributed by atoms with E-state index in [1.807, 2.05) is 79.7 Å². The van der Waals surface area contributed by atoms with Crippen LogP contribution >= 0.6 is 11.8 Å². The quantitative estimate of drug-likeness (QED) is 0.116. The van der Waals surface area contributed by atoms with Crippen LogP contribution in [0.5, 0.6) is 0 Å². The van der Waals surface area contributed by atoms with Crippen molar-refractivity contribution >= 4 is 46.9 Å². The molecule has 0 bridgehead atoms. The summed E-state index contributed by atoms with van der Waals surface area (Å²) in [6, 6.07) is 36.6. The minimum Gasteiger partial charge on any atom is -0.325 e. The first-order valence-electron chi connectivity index (χ1n) is 13.9. The van der Waals surface area contributed by atoms with Crippen molar-refractivity contribution in [2.75, 3.05) is 10.6 Å². The van der Waals surface area contributed by atoms with Crippen LogP contribution in [0.2, 0.25) is 0 Å². The summed E-state index contributed by atoms with van der Waals surface area (Å²) < 4.78 is 0. The molecule has 3 N–H and O–H groups in total. The number of pyridine rings is 1. The Hall–Kier alpha value is -5.47. The molecule has 5 rings (SSSR count). The summed E-state index contributed by atoms with van der Waals surface area (Å²) in [5, 5.41) is 8.12. The third-order valence-electron chi connectivity index (χ3n) is 6.67. The van der Waals surface area contributed by atoms with Crippen molar-refractivity contribution in [1.29, 1.82) is 0 Å². The molecule has 0 saturated carbocycles. The van der Waals surface area contributed by atoms with Crippen LogP contribution in [0.25, 0.3) is 6.08 Å². The molecule has 0 fully saturated rings. The lowest BCUT2D eigenvalue weighted by atomic mass is 10.1. The van der Waals surface area contributed by atoms with Crippen LogP contribution in [0.1, 0.15) is 32.3 Å². The van der Waals surface area contributed by atoms with Gasteiger partial charge in [0, 0.05) is 34.2 Å². The van der Waals surface area contributed by atoms with E-state index in [1.54, 1.807) is 67.0 Å². The van der Waals surface area contributed by atoms with Crippen LogP contribution in [-0.4, -0.2) is 22.7 Å². The van der Waals surface area contributed by atoms with E-state index in [2.05, 4.69) is 20.9 Å². The van der Waals surface area contributed by atoms with Gasteiger partial charge in [0.25, 0.3) is 11.8 Å². The number of anilines is 2. The molecule has 3 amide bonds. The summed E-state index contributed by atoms with van der Waals surface area (Å²) in [6.45, 7) is 1.94. The van der Waals surface area contributed by atoms with Gasteiger partial charge in [0.05, 0.1) is 0 Å². The molecule has 7 nitrogen and oxygen atoms in total. The second-order valence-electron chi connectivity index (χ2n) is 9.85. The fourth-order valence-corrected chi connectivity index (χ4v) is 5.37. The van der Waals surface area contributed by atoms with Crippen LogP contribution in [0.3, 0.4) is 0 Å². The Bertz CT molecular complexity index is 1760. The highest BCUT2D eigenvalue weighted by Crippen LogP contribution is 2.36. The monoisotopic (exact) mass is 598 g/mol. The van der Waals surface area contributed by atoms with Gasteiger partial charge in [0.2, 0.25) is 5.91 Å². The molecule has 1 unspecified atom stereocenters. The summed E-state index contributed by atoms with van der Waals surface area (Å²) in [6.07, 6.45) is 4.92. The minimum absolute atomic E-state index is 0.114. The Balaban J connectivity index is 1.33. The smallest absolute Gasteiger partial charge is 0.272 e. The van der Waals surface area contributed by atoms with Crippen molar-refractivity contribution in [2.24, 2.45) is 0 Å². The van der Waals surface area contributed by atoms with Crippen LogP contribution in [0.15, 0.2) is 144 Å².